The maximum atomic E-state index is 12.7. The Hall–Kier alpha value is -1.02. The number of hydrogen-bond acceptors (Lipinski definition) is 4. The van der Waals surface area contributed by atoms with Gasteiger partial charge in [0.05, 0.1) is 10.9 Å². The minimum Gasteiger partial charge on any atom is -0.409 e. The van der Waals surface area contributed by atoms with Crippen LogP contribution in [0.25, 0.3) is 0 Å². The summed E-state index contributed by atoms with van der Waals surface area (Å²) < 4.78 is 26.7. The van der Waals surface area contributed by atoms with Gasteiger partial charge in [0.25, 0.3) is 0 Å². The molecule has 0 bridgehead atoms. The third-order valence-electron chi connectivity index (χ3n) is 3.35. The second-order valence-corrected chi connectivity index (χ2v) is 7.52. The van der Waals surface area contributed by atoms with Crippen LogP contribution in [0, 0.1) is 0 Å². The molecule has 0 saturated carbocycles. The van der Waals surface area contributed by atoms with Crippen LogP contribution in [0.5, 0.6) is 0 Å². The standard InChI is InChI=1S/C12H15Cl2N3O3S/c13-8-5-9(14)7-10(6-8)21(19,20)17-4-2-1-3-11(17)12(15)16-18/h5-7,11,18H,1-4H2,(H2,15,16). The highest BCUT2D eigenvalue weighted by Crippen LogP contribution is 2.29. The Morgan fingerprint density at radius 2 is 1.90 bits per heavy atom. The monoisotopic (exact) mass is 351 g/mol. The molecule has 1 saturated heterocycles. The summed E-state index contributed by atoms with van der Waals surface area (Å²) in [4.78, 5) is -0.00219. The van der Waals surface area contributed by atoms with Crippen molar-refractivity contribution in [1.82, 2.24) is 4.31 Å². The van der Waals surface area contributed by atoms with Gasteiger partial charge in [-0.1, -0.05) is 34.8 Å². The van der Waals surface area contributed by atoms with Crippen LogP contribution in [0.2, 0.25) is 10.0 Å². The fraction of sp³-hybridized carbons (Fsp3) is 0.417. The number of sulfonamides is 1. The van der Waals surface area contributed by atoms with E-state index in [9.17, 15) is 8.42 Å². The van der Waals surface area contributed by atoms with Crippen LogP contribution in [0.4, 0.5) is 0 Å². The Balaban J connectivity index is 2.45. The van der Waals surface area contributed by atoms with Crippen LogP contribution < -0.4 is 5.73 Å². The molecule has 0 radical (unpaired) electrons. The van der Waals surface area contributed by atoms with Gasteiger partial charge in [0.1, 0.15) is 0 Å². The van der Waals surface area contributed by atoms with Gasteiger partial charge >= 0.3 is 0 Å². The fourth-order valence-electron chi connectivity index (χ4n) is 2.37. The summed E-state index contributed by atoms with van der Waals surface area (Å²) in [5.41, 5.74) is 5.61. The van der Waals surface area contributed by atoms with Gasteiger partial charge in [0, 0.05) is 16.6 Å². The van der Waals surface area contributed by atoms with Gasteiger partial charge in [-0.15, -0.1) is 0 Å². The first-order valence-corrected chi connectivity index (χ1v) is 8.51. The summed E-state index contributed by atoms with van der Waals surface area (Å²) in [5, 5.41) is 12.2. The number of nitrogens with two attached hydrogens (primary N) is 1. The Bertz CT molecular complexity index is 643. The van der Waals surface area contributed by atoms with Crippen molar-refractivity contribution >= 4 is 39.1 Å². The lowest BCUT2D eigenvalue weighted by Gasteiger charge is -2.33. The minimum atomic E-state index is -3.82. The van der Waals surface area contributed by atoms with E-state index in [4.69, 9.17) is 34.1 Å². The van der Waals surface area contributed by atoms with E-state index in [0.29, 0.717) is 19.4 Å². The van der Waals surface area contributed by atoms with Crippen LogP contribution in [0.1, 0.15) is 19.3 Å². The zero-order chi connectivity index (χ0) is 15.6. The summed E-state index contributed by atoms with van der Waals surface area (Å²) in [6.45, 7) is 0.299. The molecule has 0 amide bonds. The van der Waals surface area contributed by atoms with E-state index in [1.54, 1.807) is 0 Å². The van der Waals surface area contributed by atoms with Crippen molar-refractivity contribution in [3.63, 3.8) is 0 Å². The molecule has 0 spiro atoms. The van der Waals surface area contributed by atoms with Crippen LogP contribution in [0.3, 0.4) is 0 Å². The van der Waals surface area contributed by atoms with Crippen molar-refractivity contribution in [3.05, 3.63) is 28.2 Å². The highest BCUT2D eigenvalue weighted by atomic mass is 35.5. The number of benzene rings is 1. The van der Waals surface area contributed by atoms with Gasteiger partial charge in [0.15, 0.2) is 5.84 Å². The molecule has 6 nitrogen and oxygen atoms in total. The summed E-state index contributed by atoms with van der Waals surface area (Å²) >= 11 is 11.7. The van der Waals surface area contributed by atoms with E-state index in [-0.39, 0.29) is 20.8 Å². The molecule has 1 unspecified atom stereocenters. The van der Waals surface area contributed by atoms with Gasteiger partial charge in [0.2, 0.25) is 10.0 Å². The number of halogens is 2. The molecule has 1 aliphatic heterocycles. The summed E-state index contributed by atoms with van der Waals surface area (Å²) in [6, 6.07) is 3.47. The highest BCUT2D eigenvalue weighted by molar-refractivity contribution is 7.89. The van der Waals surface area contributed by atoms with E-state index >= 15 is 0 Å². The predicted octanol–water partition coefficient (Wildman–Crippen LogP) is 2.28. The molecule has 1 fully saturated rings. The number of nitrogens with zero attached hydrogens (tertiary/aromatic N) is 2. The lowest BCUT2D eigenvalue weighted by atomic mass is 10.0. The third kappa shape index (κ3) is 3.42. The average Bonchev–Trinajstić information content (AvgIpc) is 2.45. The molecule has 1 heterocycles. The van der Waals surface area contributed by atoms with E-state index in [1.165, 1.54) is 22.5 Å². The Labute approximate surface area is 133 Å². The molecule has 1 atom stereocenters. The van der Waals surface area contributed by atoms with Crippen LogP contribution >= 0.6 is 23.2 Å². The summed E-state index contributed by atoms with van der Waals surface area (Å²) in [7, 11) is -3.82. The number of hydrogen-bond donors (Lipinski definition) is 2. The molecule has 0 aliphatic carbocycles. The number of amidine groups is 1. The average molecular weight is 352 g/mol. The van der Waals surface area contributed by atoms with Gasteiger partial charge in [-0.3, -0.25) is 0 Å². The lowest BCUT2D eigenvalue weighted by molar-refractivity contribution is 0.281. The van der Waals surface area contributed by atoms with Gasteiger partial charge in [-0.25, -0.2) is 8.42 Å². The zero-order valence-corrected chi connectivity index (χ0v) is 13.4. The van der Waals surface area contributed by atoms with Gasteiger partial charge < -0.3 is 10.9 Å². The first-order valence-electron chi connectivity index (χ1n) is 6.31. The zero-order valence-electron chi connectivity index (χ0n) is 11.0. The predicted molar refractivity (Wildman–Crippen MR) is 81.4 cm³/mol. The molecule has 1 aromatic rings. The topological polar surface area (TPSA) is 96.0 Å². The van der Waals surface area contributed by atoms with E-state index in [0.717, 1.165) is 6.42 Å². The first kappa shape index (κ1) is 16.4. The molecular weight excluding hydrogens is 337 g/mol. The normalized spacial score (nSPS) is 21.4. The Morgan fingerprint density at radius 3 is 2.48 bits per heavy atom. The van der Waals surface area contributed by atoms with Gasteiger partial charge in [-0.2, -0.15) is 4.31 Å². The molecule has 3 N–H and O–H groups in total. The Kier molecular flexibility index (Phi) is 4.98. The minimum absolute atomic E-state index is 0.00219. The van der Waals surface area contributed by atoms with E-state index in [2.05, 4.69) is 5.16 Å². The molecule has 2 rings (SSSR count). The highest BCUT2D eigenvalue weighted by Gasteiger charge is 2.36. The van der Waals surface area contributed by atoms with Crippen molar-refractivity contribution in [2.75, 3.05) is 6.54 Å². The summed E-state index contributed by atoms with van der Waals surface area (Å²) in [6.07, 6.45) is 2.02. The second-order valence-electron chi connectivity index (χ2n) is 4.76. The van der Waals surface area contributed by atoms with Crippen molar-refractivity contribution in [2.24, 2.45) is 10.9 Å². The number of rotatable bonds is 3. The second kappa shape index (κ2) is 6.39. The van der Waals surface area contributed by atoms with E-state index in [1.807, 2.05) is 0 Å². The van der Waals surface area contributed by atoms with Crippen LogP contribution in [0.15, 0.2) is 28.3 Å². The number of piperidine rings is 1. The molecule has 1 aliphatic rings. The van der Waals surface area contributed by atoms with Crippen molar-refractivity contribution in [2.45, 2.75) is 30.2 Å². The Morgan fingerprint density at radius 1 is 1.29 bits per heavy atom. The van der Waals surface area contributed by atoms with Crippen molar-refractivity contribution in [3.8, 4) is 0 Å². The van der Waals surface area contributed by atoms with Crippen molar-refractivity contribution < 1.29 is 13.6 Å². The largest absolute Gasteiger partial charge is 0.409 e. The number of oxime groups is 1. The molecule has 21 heavy (non-hydrogen) atoms. The third-order valence-corrected chi connectivity index (χ3v) is 5.68. The molecule has 116 valence electrons. The smallest absolute Gasteiger partial charge is 0.243 e. The SMILES string of the molecule is NC(=NO)C1CCCCN1S(=O)(=O)c1cc(Cl)cc(Cl)c1. The molecule has 9 heteroatoms. The van der Waals surface area contributed by atoms with Crippen LogP contribution in [-0.2, 0) is 10.0 Å². The quantitative estimate of drug-likeness (QED) is 0.378. The van der Waals surface area contributed by atoms with E-state index < -0.39 is 16.1 Å². The summed E-state index contributed by atoms with van der Waals surface area (Å²) in [5.74, 6) is -0.119. The first-order chi connectivity index (χ1) is 9.86. The molecule has 1 aromatic carbocycles. The molecule has 0 aromatic heterocycles. The molecular formula is C12H15Cl2N3O3S. The maximum absolute atomic E-state index is 12.7. The maximum Gasteiger partial charge on any atom is 0.243 e. The van der Waals surface area contributed by atoms with Gasteiger partial charge in [-0.05, 0) is 31.0 Å². The fourth-order valence-corrected chi connectivity index (χ4v) is 4.76. The lowest BCUT2D eigenvalue weighted by Crippen LogP contribution is -2.50. The van der Waals surface area contributed by atoms with Crippen LogP contribution in [-0.4, -0.2) is 36.4 Å². The van der Waals surface area contributed by atoms with Crippen molar-refractivity contribution in [1.29, 1.82) is 0 Å².